The smallest absolute Gasteiger partial charge is 0.492 e. The highest BCUT2D eigenvalue weighted by Crippen LogP contribution is 2.10. The first kappa shape index (κ1) is 30.7. The lowest BCUT2D eigenvalue weighted by molar-refractivity contribution is -0.140. The van der Waals surface area contributed by atoms with Crippen LogP contribution in [0.2, 0.25) is 0 Å². The van der Waals surface area contributed by atoms with Gasteiger partial charge < -0.3 is 24.8 Å². The predicted octanol–water partition coefficient (Wildman–Crippen LogP) is 1.07. The molecular weight excluding hydrogens is 464 g/mol. The van der Waals surface area contributed by atoms with Crippen molar-refractivity contribution in [2.24, 2.45) is 11.8 Å². The molecule has 0 aliphatic heterocycles. The van der Waals surface area contributed by atoms with E-state index in [2.05, 4.69) is 27.3 Å². The Bertz CT molecular complexity index is 868. The Kier molecular flexibility index (Phi) is 14.6. The minimum absolute atomic E-state index is 0.0688. The molecule has 0 unspecified atom stereocenters. The van der Waals surface area contributed by atoms with E-state index in [0.29, 0.717) is 25.2 Å². The van der Waals surface area contributed by atoms with E-state index in [1.54, 1.807) is 19.2 Å². The number of carbonyl (C=O) groups is 3. The van der Waals surface area contributed by atoms with E-state index in [1.165, 1.54) is 0 Å². The summed E-state index contributed by atoms with van der Waals surface area (Å²) in [4.78, 5) is 38.6. The molecule has 0 aliphatic carbocycles. The highest BCUT2D eigenvalue weighted by Gasteiger charge is 2.33. The second-order valence-corrected chi connectivity index (χ2v) is 9.10. The van der Waals surface area contributed by atoms with Crippen LogP contribution in [0.3, 0.4) is 0 Å². The maximum Gasteiger partial charge on any atom is 0.547 e. The van der Waals surface area contributed by atoms with Crippen molar-refractivity contribution in [3.05, 3.63) is 30.3 Å². The van der Waals surface area contributed by atoms with Gasteiger partial charge in [-0.1, -0.05) is 45.9 Å². The van der Waals surface area contributed by atoms with E-state index in [-0.39, 0.29) is 37.6 Å². The number of methoxy groups -OCH3 is 1. The van der Waals surface area contributed by atoms with Gasteiger partial charge in [0.2, 0.25) is 5.78 Å². The van der Waals surface area contributed by atoms with Crippen molar-refractivity contribution in [1.29, 1.82) is 0 Å². The first-order valence-electron chi connectivity index (χ1n) is 12.2. The molecule has 0 bridgehead atoms. The Morgan fingerprint density at radius 3 is 2.14 bits per heavy atom. The Balaban J connectivity index is 2.78. The van der Waals surface area contributed by atoms with Crippen molar-refractivity contribution in [3.8, 4) is 5.75 Å². The molecule has 10 nitrogen and oxygen atoms in total. The van der Waals surface area contributed by atoms with Crippen LogP contribution < -0.4 is 25.4 Å². The molecule has 0 saturated heterocycles. The lowest BCUT2D eigenvalue weighted by atomic mass is 9.98. The number of amides is 2. The van der Waals surface area contributed by atoms with Crippen molar-refractivity contribution < 1.29 is 28.6 Å². The molecule has 3 N–H and O–H groups in total. The number of nitrogens with zero attached hydrogens (tertiary/aromatic N) is 1. The molecule has 2 amide bonds. The summed E-state index contributed by atoms with van der Waals surface area (Å²) in [6, 6.07) is 7.54. The second kappa shape index (κ2) is 17.1. The summed E-state index contributed by atoms with van der Waals surface area (Å²) in [6.07, 6.45) is 0.762. The Morgan fingerprint density at radius 2 is 1.56 bits per heavy atom. The quantitative estimate of drug-likeness (QED) is 0.101. The van der Waals surface area contributed by atoms with E-state index < -0.39 is 29.7 Å². The molecule has 200 valence electrons. The fourth-order valence-corrected chi connectivity index (χ4v) is 3.28. The maximum absolute atomic E-state index is 13.2. The zero-order valence-electron chi connectivity index (χ0n) is 22.0. The van der Waals surface area contributed by atoms with E-state index in [9.17, 15) is 14.4 Å². The van der Waals surface area contributed by atoms with E-state index in [0.717, 1.165) is 0 Å². The predicted molar refractivity (Wildman–Crippen MR) is 140 cm³/mol. The summed E-state index contributed by atoms with van der Waals surface area (Å²) >= 11 is 0. The first-order chi connectivity index (χ1) is 17.2. The van der Waals surface area contributed by atoms with E-state index in [4.69, 9.17) is 14.2 Å². The van der Waals surface area contributed by atoms with Gasteiger partial charge in [0.15, 0.2) is 12.8 Å². The molecule has 1 rings (SSSR count). The van der Waals surface area contributed by atoms with E-state index >= 15 is 0 Å². The summed E-state index contributed by atoms with van der Waals surface area (Å²) in [5.41, 5.74) is 0. The summed E-state index contributed by atoms with van der Waals surface area (Å²) < 4.78 is 19.8. The lowest BCUT2D eigenvalue weighted by Crippen LogP contribution is -2.55. The lowest BCUT2D eigenvalue weighted by Gasteiger charge is -2.22. The third-order valence-corrected chi connectivity index (χ3v) is 4.95. The van der Waals surface area contributed by atoms with Gasteiger partial charge in [-0.2, -0.15) is 4.67 Å². The fourth-order valence-electron chi connectivity index (χ4n) is 3.28. The average Bonchev–Trinajstić information content (AvgIpc) is 2.84. The molecule has 36 heavy (non-hydrogen) atoms. The molecule has 0 spiro atoms. The number of Topliss-reactive ketones (excluding diaryl/α,β-unsaturated/α-hetero) is 1. The summed E-state index contributed by atoms with van der Waals surface area (Å²) in [6.45, 7) is 12.2. The number of carbonyl (C=O) groups excluding carboxylic acids is 3. The number of ether oxygens (including phenoxy) is 3. The van der Waals surface area contributed by atoms with Crippen LogP contribution in [0.15, 0.2) is 30.3 Å². The van der Waals surface area contributed by atoms with Gasteiger partial charge in [0, 0.05) is 7.11 Å². The molecule has 0 heterocycles. The van der Waals surface area contributed by atoms with Crippen molar-refractivity contribution in [3.63, 3.8) is 0 Å². The summed E-state index contributed by atoms with van der Waals surface area (Å²) in [7, 11) is 1.55. The molecule has 10 heteroatoms. The molecule has 0 aliphatic rings. The van der Waals surface area contributed by atoms with Crippen LogP contribution in [0, 0.1) is 11.8 Å². The summed E-state index contributed by atoms with van der Waals surface area (Å²) in [5, 5.41) is 8.27. The van der Waals surface area contributed by atoms with Crippen LogP contribution in [0.25, 0.3) is 0 Å². The standard InChI is InChI=1S/C26H40N4O6/c1-18(2)16-21(23(31)25(33)28-12-13-35-20-10-8-7-9-11-20)29-24(32)22(17-19(3)4)30-26(27-5)36-15-14-34-6/h7-11,18-19,21-22H,5,12-17H2,1-4,6H3,(H2,28,29,32,33)/p+1/t21-,22-/m0/s1. The van der Waals surface area contributed by atoms with Gasteiger partial charge in [0.1, 0.15) is 19.0 Å². The highest BCUT2D eigenvalue weighted by atomic mass is 16.5. The molecule has 0 saturated carbocycles. The average molecular weight is 506 g/mol. The Labute approximate surface area is 213 Å². The molecular formula is C26H41N4O6+. The molecule has 1 aromatic carbocycles. The third kappa shape index (κ3) is 12.4. The number of rotatable bonds is 16. The topological polar surface area (TPSA) is 129 Å². The van der Waals surface area contributed by atoms with Gasteiger partial charge >= 0.3 is 6.02 Å². The number of hydrogen-bond acceptors (Lipinski definition) is 6. The van der Waals surface area contributed by atoms with Crippen molar-refractivity contribution >= 4 is 30.3 Å². The number of ketones is 1. The zero-order chi connectivity index (χ0) is 26.9. The van der Waals surface area contributed by atoms with Gasteiger partial charge in [-0.05, 0) is 36.8 Å². The van der Waals surface area contributed by atoms with Crippen molar-refractivity contribution in [1.82, 2.24) is 20.6 Å². The zero-order valence-corrected chi connectivity index (χ0v) is 22.0. The van der Waals surface area contributed by atoms with Gasteiger partial charge in [-0.25, -0.2) is 5.32 Å². The van der Waals surface area contributed by atoms with Gasteiger partial charge in [0.25, 0.3) is 11.8 Å². The third-order valence-electron chi connectivity index (χ3n) is 4.95. The Morgan fingerprint density at radius 1 is 0.917 bits per heavy atom. The minimum Gasteiger partial charge on any atom is -0.492 e. The fraction of sp³-hybridized carbons (Fsp3) is 0.577. The van der Waals surface area contributed by atoms with Crippen LogP contribution in [-0.4, -0.2) is 75.9 Å². The Hall–Kier alpha value is -3.36. The number of hydrogen-bond donors (Lipinski definition) is 3. The second-order valence-electron chi connectivity index (χ2n) is 9.10. The number of amidine groups is 1. The van der Waals surface area contributed by atoms with Gasteiger partial charge in [0.05, 0.1) is 19.2 Å². The normalized spacial score (nSPS) is 12.3. The SMILES string of the molecule is C=[N+]=C(N[C@@H](CC(C)C)C(=O)N[C@@H](CC(C)C)C(=O)C(=O)NCCOc1ccccc1)OCCOC. The first-order valence-corrected chi connectivity index (χ1v) is 12.2. The van der Waals surface area contributed by atoms with Crippen LogP contribution in [0.1, 0.15) is 40.5 Å². The molecule has 1 aromatic rings. The monoisotopic (exact) mass is 505 g/mol. The van der Waals surface area contributed by atoms with Crippen LogP contribution in [0.4, 0.5) is 0 Å². The van der Waals surface area contributed by atoms with Crippen LogP contribution >= 0.6 is 0 Å². The highest BCUT2D eigenvalue weighted by molar-refractivity contribution is 6.38. The number of benzene rings is 1. The van der Waals surface area contributed by atoms with Gasteiger partial charge in [-0.3, -0.25) is 14.4 Å². The summed E-state index contributed by atoms with van der Waals surface area (Å²) in [5.74, 6) is -1.01. The van der Waals surface area contributed by atoms with Crippen LogP contribution in [-0.2, 0) is 23.9 Å². The van der Waals surface area contributed by atoms with E-state index in [1.807, 2.05) is 45.9 Å². The van der Waals surface area contributed by atoms with Crippen LogP contribution in [0.5, 0.6) is 5.75 Å². The van der Waals surface area contributed by atoms with Gasteiger partial charge in [-0.15, -0.1) is 0 Å². The maximum atomic E-state index is 13.2. The number of para-hydroxylation sites is 1. The number of nitrogens with one attached hydrogen (secondary N) is 3. The van der Waals surface area contributed by atoms with Crippen molar-refractivity contribution in [2.75, 3.05) is 33.5 Å². The largest absolute Gasteiger partial charge is 0.547 e. The minimum atomic E-state index is -0.974. The molecule has 0 radical (unpaired) electrons. The van der Waals surface area contributed by atoms with Crippen molar-refractivity contribution in [2.45, 2.75) is 52.6 Å². The molecule has 2 atom stereocenters. The molecule has 0 aromatic heterocycles. The molecule has 0 fully saturated rings.